The average molecular weight is 536 g/mol. The van der Waals surface area contributed by atoms with Crippen molar-refractivity contribution in [2.75, 3.05) is 11.1 Å². The minimum absolute atomic E-state index is 0.0610. The van der Waals surface area contributed by atoms with E-state index in [0.717, 1.165) is 43.4 Å². The molecule has 1 aliphatic rings. The van der Waals surface area contributed by atoms with Gasteiger partial charge in [-0.05, 0) is 48.9 Å². The monoisotopic (exact) mass is 535 g/mol. The first-order valence-corrected chi connectivity index (χ1v) is 13.1. The van der Waals surface area contributed by atoms with Crippen LogP contribution in [0.15, 0.2) is 29.4 Å². The number of hydrogen-bond acceptors (Lipinski definition) is 7. The lowest BCUT2D eigenvalue weighted by Crippen LogP contribution is -2.15. The molecule has 1 amide bonds. The predicted octanol–water partition coefficient (Wildman–Crippen LogP) is 5.59. The molecule has 0 radical (unpaired) electrons. The molecule has 1 aromatic carbocycles. The number of nitriles is 1. The van der Waals surface area contributed by atoms with Crippen LogP contribution in [0, 0.1) is 17.2 Å². The molecule has 1 N–H and O–H groups in total. The van der Waals surface area contributed by atoms with Gasteiger partial charge in [-0.25, -0.2) is 0 Å². The van der Waals surface area contributed by atoms with Gasteiger partial charge in [0.1, 0.15) is 23.4 Å². The fourth-order valence-corrected chi connectivity index (χ4v) is 6.07. The van der Waals surface area contributed by atoms with E-state index in [1.165, 1.54) is 40.1 Å². The van der Waals surface area contributed by atoms with Crippen molar-refractivity contribution in [3.8, 4) is 11.8 Å². The Labute approximate surface area is 214 Å². The first-order chi connectivity index (χ1) is 17.2. The molecule has 2 heterocycles. The highest BCUT2D eigenvalue weighted by molar-refractivity contribution is 7.99. The molecule has 0 saturated heterocycles. The lowest BCUT2D eigenvalue weighted by atomic mass is 9.86. The Morgan fingerprint density at radius 2 is 2.19 bits per heavy atom. The Hall–Kier alpha value is -3.04. The molecule has 4 rings (SSSR count). The molecule has 1 atom stereocenters. The molecule has 12 heteroatoms. The molecular weight excluding hydrogens is 511 g/mol. The quantitative estimate of drug-likeness (QED) is 0.378. The van der Waals surface area contributed by atoms with E-state index < -0.39 is 11.7 Å². The van der Waals surface area contributed by atoms with Crippen LogP contribution in [-0.4, -0.2) is 26.4 Å². The molecular formula is C24H24F3N5O2S2. The molecule has 0 saturated carbocycles. The summed E-state index contributed by atoms with van der Waals surface area (Å²) >= 11 is 2.66. The van der Waals surface area contributed by atoms with E-state index in [1.807, 2.05) is 0 Å². The molecule has 0 fully saturated rings. The predicted molar refractivity (Wildman–Crippen MR) is 131 cm³/mol. The Kier molecular flexibility index (Phi) is 7.90. The van der Waals surface area contributed by atoms with E-state index in [2.05, 4.69) is 28.5 Å². The first-order valence-electron chi connectivity index (χ1n) is 11.3. The maximum atomic E-state index is 12.9. The van der Waals surface area contributed by atoms with Gasteiger partial charge in [0.2, 0.25) is 5.91 Å². The number of thioether (sulfide) groups is 1. The number of fused-ring (bicyclic) bond motifs is 1. The fraction of sp³-hybridized carbons (Fsp3) is 0.417. The summed E-state index contributed by atoms with van der Waals surface area (Å²) in [6.07, 6.45) is -0.489. The summed E-state index contributed by atoms with van der Waals surface area (Å²) in [6, 6.07) is 6.87. The van der Waals surface area contributed by atoms with Crippen molar-refractivity contribution in [3.63, 3.8) is 0 Å². The Bertz CT molecular complexity index is 1300. The zero-order valence-electron chi connectivity index (χ0n) is 19.7. The second-order valence-electron chi connectivity index (χ2n) is 8.45. The number of thiophene rings is 1. The van der Waals surface area contributed by atoms with E-state index in [1.54, 1.807) is 11.6 Å². The van der Waals surface area contributed by atoms with Crippen molar-refractivity contribution < 1.29 is 22.7 Å². The van der Waals surface area contributed by atoms with Crippen LogP contribution in [0.4, 0.5) is 18.2 Å². The molecule has 1 aliphatic carbocycles. The number of carbonyl (C=O) groups is 1. The number of nitrogens with zero attached hydrogens (tertiary/aromatic N) is 4. The smallest absolute Gasteiger partial charge is 0.416 e. The van der Waals surface area contributed by atoms with Crippen LogP contribution >= 0.6 is 23.1 Å². The largest absolute Gasteiger partial charge is 0.486 e. The zero-order chi connectivity index (χ0) is 25.9. The maximum absolute atomic E-state index is 12.9. The standard InChI is InChI=1S/C24H24F3N5O2S2/c1-3-14-7-8-17-18(11-28)22(36-19(17)9-14)29-21(33)13-35-23-31-30-20(32(23)2)12-34-16-6-4-5-15(10-16)24(25,26)27/h4-6,10,14H,3,7-9,12-13H2,1-2H3,(H,29,33)/t14-/m0/s1. The molecule has 2 aromatic heterocycles. The molecule has 36 heavy (non-hydrogen) atoms. The Balaban J connectivity index is 1.34. The number of ether oxygens (including phenoxy) is 1. The molecule has 0 spiro atoms. The lowest BCUT2D eigenvalue weighted by molar-refractivity contribution is -0.137. The van der Waals surface area contributed by atoms with Crippen LogP contribution in [0.5, 0.6) is 5.75 Å². The van der Waals surface area contributed by atoms with Gasteiger partial charge in [0.15, 0.2) is 11.0 Å². The molecule has 0 aliphatic heterocycles. The van der Waals surface area contributed by atoms with Gasteiger partial charge in [0, 0.05) is 11.9 Å². The van der Waals surface area contributed by atoms with Gasteiger partial charge in [0.25, 0.3) is 0 Å². The minimum Gasteiger partial charge on any atom is -0.486 e. The highest BCUT2D eigenvalue weighted by atomic mass is 32.2. The third kappa shape index (κ3) is 5.84. The molecule has 0 bridgehead atoms. The number of carbonyl (C=O) groups excluding carboxylic acids is 1. The van der Waals surface area contributed by atoms with Crippen molar-refractivity contribution in [2.24, 2.45) is 13.0 Å². The Morgan fingerprint density at radius 3 is 2.92 bits per heavy atom. The van der Waals surface area contributed by atoms with Crippen molar-refractivity contribution in [1.82, 2.24) is 14.8 Å². The maximum Gasteiger partial charge on any atom is 0.416 e. The summed E-state index contributed by atoms with van der Waals surface area (Å²) in [6.45, 7) is 2.09. The van der Waals surface area contributed by atoms with Crippen molar-refractivity contribution >= 4 is 34.0 Å². The number of rotatable bonds is 8. The normalized spacial score (nSPS) is 15.3. The first kappa shape index (κ1) is 26.0. The SMILES string of the molecule is CC[C@H]1CCc2c(sc(NC(=O)CSc3nnc(COc4cccc(C(F)(F)F)c4)n3C)c2C#N)C1. The van der Waals surface area contributed by atoms with Crippen LogP contribution in [0.1, 0.15) is 47.2 Å². The fourth-order valence-electron chi connectivity index (χ4n) is 4.01. The van der Waals surface area contributed by atoms with Gasteiger partial charge in [-0.15, -0.1) is 21.5 Å². The second kappa shape index (κ2) is 10.9. The van der Waals surface area contributed by atoms with Gasteiger partial charge in [-0.2, -0.15) is 18.4 Å². The zero-order valence-corrected chi connectivity index (χ0v) is 21.3. The molecule has 190 valence electrons. The van der Waals surface area contributed by atoms with Gasteiger partial charge in [0.05, 0.1) is 16.9 Å². The van der Waals surface area contributed by atoms with E-state index >= 15 is 0 Å². The molecule has 7 nitrogen and oxygen atoms in total. The van der Waals surface area contributed by atoms with Crippen LogP contribution in [0.3, 0.4) is 0 Å². The number of hydrogen-bond donors (Lipinski definition) is 1. The summed E-state index contributed by atoms with van der Waals surface area (Å²) in [5.74, 6) is 0.888. The second-order valence-corrected chi connectivity index (χ2v) is 10.5. The van der Waals surface area contributed by atoms with Gasteiger partial charge >= 0.3 is 6.18 Å². The van der Waals surface area contributed by atoms with Gasteiger partial charge in [-0.1, -0.05) is 31.2 Å². The highest BCUT2D eigenvalue weighted by Gasteiger charge is 2.30. The summed E-state index contributed by atoms with van der Waals surface area (Å²) in [5.41, 5.74) is 0.834. The average Bonchev–Trinajstić information content (AvgIpc) is 3.39. The van der Waals surface area contributed by atoms with Crippen LogP contribution in [-0.2, 0) is 37.5 Å². The van der Waals surface area contributed by atoms with E-state index in [4.69, 9.17) is 4.74 Å². The number of alkyl halides is 3. The van der Waals surface area contributed by atoms with Crippen molar-refractivity contribution in [1.29, 1.82) is 5.26 Å². The number of amides is 1. The summed E-state index contributed by atoms with van der Waals surface area (Å²) in [4.78, 5) is 13.8. The number of aromatic nitrogens is 3. The number of anilines is 1. The van der Waals surface area contributed by atoms with Gasteiger partial charge < -0.3 is 14.6 Å². The van der Waals surface area contributed by atoms with Crippen LogP contribution < -0.4 is 10.1 Å². The minimum atomic E-state index is -4.46. The number of nitrogens with one attached hydrogen (secondary N) is 1. The van der Waals surface area contributed by atoms with Crippen molar-refractivity contribution in [3.05, 3.63) is 51.7 Å². The van der Waals surface area contributed by atoms with Gasteiger partial charge in [-0.3, -0.25) is 4.79 Å². The van der Waals surface area contributed by atoms with E-state index in [0.29, 0.717) is 27.5 Å². The van der Waals surface area contributed by atoms with E-state index in [-0.39, 0.29) is 24.0 Å². The third-order valence-electron chi connectivity index (χ3n) is 6.10. The summed E-state index contributed by atoms with van der Waals surface area (Å²) < 4.78 is 45.8. The highest BCUT2D eigenvalue weighted by Crippen LogP contribution is 2.40. The van der Waals surface area contributed by atoms with Crippen LogP contribution in [0.2, 0.25) is 0 Å². The van der Waals surface area contributed by atoms with Crippen molar-refractivity contribution in [2.45, 2.75) is 50.5 Å². The summed E-state index contributed by atoms with van der Waals surface area (Å²) in [7, 11) is 1.69. The Morgan fingerprint density at radius 1 is 1.39 bits per heavy atom. The topological polar surface area (TPSA) is 92.8 Å². The molecule has 0 unspecified atom stereocenters. The molecule has 3 aromatic rings. The third-order valence-corrected chi connectivity index (χ3v) is 8.29. The lowest BCUT2D eigenvalue weighted by Gasteiger charge is -2.20. The van der Waals surface area contributed by atoms with E-state index in [9.17, 15) is 23.2 Å². The summed E-state index contributed by atoms with van der Waals surface area (Å²) in [5, 5.41) is 21.7. The number of benzene rings is 1. The van der Waals surface area contributed by atoms with Crippen LogP contribution in [0.25, 0.3) is 0 Å². The number of halogens is 3.